The molecule has 0 aliphatic heterocycles. The van der Waals surface area contributed by atoms with Crippen LogP contribution in [0.4, 0.5) is 5.69 Å². The Hall–Kier alpha value is -1.00. The van der Waals surface area contributed by atoms with Crippen molar-refractivity contribution in [2.75, 3.05) is 12.3 Å². The number of halogens is 1. The average Bonchev–Trinajstić information content (AvgIpc) is 2.15. The van der Waals surface area contributed by atoms with Gasteiger partial charge < -0.3 is 15.6 Å². The number of benzene rings is 1. The van der Waals surface area contributed by atoms with E-state index in [0.29, 0.717) is 17.0 Å². The molecule has 0 aliphatic rings. The van der Waals surface area contributed by atoms with E-state index in [4.69, 9.17) is 20.8 Å². The minimum atomic E-state index is -0.546. The van der Waals surface area contributed by atoms with Gasteiger partial charge in [0.05, 0.1) is 27.0 Å². The highest BCUT2D eigenvalue weighted by molar-refractivity contribution is 14.1. The first-order chi connectivity index (χ1) is 7.04. The lowest BCUT2D eigenvalue weighted by molar-refractivity contribution is 0.122. The van der Waals surface area contributed by atoms with Crippen LogP contribution < -0.4 is 10.5 Å². The lowest BCUT2D eigenvalue weighted by Crippen LogP contribution is -2.14. The molecule has 0 heterocycles. The van der Waals surface area contributed by atoms with Gasteiger partial charge in [0.25, 0.3) is 0 Å². The van der Waals surface area contributed by atoms with Crippen molar-refractivity contribution in [2.24, 2.45) is 0 Å². The van der Waals surface area contributed by atoms with E-state index >= 15 is 0 Å². The van der Waals surface area contributed by atoms with E-state index in [2.05, 4.69) is 0 Å². The van der Waals surface area contributed by atoms with Crippen molar-refractivity contribution in [3.8, 4) is 11.8 Å². The van der Waals surface area contributed by atoms with Gasteiger partial charge in [-0.15, -0.1) is 0 Å². The van der Waals surface area contributed by atoms with Gasteiger partial charge in [0.15, 0.2) is 5.75 Å². The third-order valence-corrected chi connectivity index (χ3v) is 2.47. The Morgan fingerprint density at radius 3 is 2.80 bits per heavy atom. The molecule has 1 rings (SSSR count). The Balaban J connectivity index is 2.94. The topological polar surface area (TPSA) is 79.3 Å². The van der Waals surface area contributed by atoms with E-state index in [1.54, 1.807) is 19.1 Å². The summed E-state index contributed by atoms with van der Waals surface area (Å²) in [6, 6.07) is 5.25. The maximum Gasteiger partial charge on any atom is 0.155 e. The summed E-state index contributed by atoms with van der Waals surface area (Å²) in [5.74, 6) is 0.524. The smallest absolute Gasteiger partial charge is 0.155 e. The highest BCUT2D eigenvalue weighted by atomic mass is 127. The van der Waals surface area contributed by atoms with Crippen molar-refractivity contribution >= 4 is 28.3 Å². The van der Waals surface area contributed by atoms with Gasteiger partial charge in [0.1, 0.15) is 6.61 Å². The summed E-state index contributed by atoms with van der Waals surface area (Å²) in [7, 11) is 0. The molecule has 5 heteroatoms. The van der Waals surface area contributed by atoms with Crippen LogP contribution in [0.15, 0.2) is 12.1 Å². The number of nitrogens with two attached hydrogens (primary N) is 1. The number of nitriles is 1. The summed E-state index contributed by atoms with van der Waals surface area (Å²) in [6.45, 7) is 1.82. The van der Waals surface area contributed by atoms with E-state index in [1.807, 2.05) is 28.7 Å². The molecule has 0 aliphatic carbocycles. The van der Waals surface area contributed by atoms with Crippen LogP contribution in [0.1, 0.15) is 12.5 Å². The van der Waals surface area contributed by atoms with Crippen LogP contribution in [0.5, 0.6) is 5.75 Å². The fraction of sp³-hybridized carbons (Fsp3) is 0.300. The van der Waals surface area contributed by atoms with E-state index in [0.717, 1.165) is 3.57 Å². The molecule has 1 atom stereocenters. The molecule has 0 fully saturated rings. The standard InChI is InChI=1S/C10H11IN2O2/c1-6(14)5-15-10-8(11)2-7(4-12)3-9(10)13/h2-3,6,14H,5,13H2,1H3. The van der Waals surface area contributed by atoms with Gasteiger partial charge in [-0.1, -0.05) is 0 Å². The van der Waals surface area contributed by atoms with Crippen molar-refractivity contribution < 1.29 is 9.84 Å². The number of nitrogen functional groups attached to an aromatic ring is 1. The molecule has 0 radical (unpaired) electrons. The van der Waals surface area contributed by atoms with Gasteiger partial charge in [-0.3, -0.25) is 0 Å². The molecule has 0 bridgehead atoms. The van der Waals surface area contributed by atoms with Gasteiger partial charge >= 0.3 is 0 Å². The Labute approximate surface area is 102 Å². The number of aliphatic hydroxyl groups is 1. The van der Waals surface area contributed by atoms with Crippen LogP contribution >= 0.6 is 22.6 Å². The van der Waals surface area contributed by atoms with Crippen molar-refractivity contribution in [2.45, 2.75) is 13.0 Å². The third kappa shape index (κ3) is 3.25. The lowest BCUT2D eigenvalue weighted by Gasteiger charge is -2.12. The molecule has 1 aromatic rings. The van der Waals surface area contributed by atoms with E-state index in [1.165, 1.54) is 0 Å². The summed E-state index contributed by atoms with van der Waals surface area (Å²) >= 11 is 2.04. The van der Waals surface area contributed by atoms with Gasteiger partial charge in [0, 0.05) is 0 Å². The first-order valence-electron chi connectivity index (χ1n) is 4.34. The summed E-state index contributed by atoms with van der Waals surface area (Å²) in [6.07, 6.45) is -0.546. The average molecular weight is 318 g/mol. The number of rotatable bonds is 3. The van der Waals surface area contributed by atoms with Crippen LogP contribution in [0.3, 0.4) is 0 Å². The largest absolute Gasteiger partial charge is 0.488 e. The van der Waals surface area contributed by atoms with E-state index < -0.39 is 6.10 Å². The second-order valence-electron chi connectivity index (χ2n) is 3.15. The molecule has 80 valence electrons. The summed E-state index contributed by atoms with van der Waals surface area (Å²) in [4.78, 5) is 0. The number of nitrogens with zero attached hydrogens (tertiary/aromatic N) is 1. The Bertz CT molecular complexity index is 376. The molecule has 0 spiro atoms. The first-order valence-corrected chi connectivity index (χ1v) is 5.42. The lowest BCUT2D eigenvalue weighted by atomic mass is 10.2. The second kappa shape index (κ2) is 5.19. The number of hydrogen-bond donors (Lipinski definition) is 2. The zero-order chi connectivity index (χ0) is 11.4. The molecule has 1 aromatic carbocycles. The van der Waals surface area contributed by atoms with Crippen LogP contribution in [0, 0.1) is 14.9 Å². The SMILES string of the molecule is CC(O)COc1c(N)cc(C#N)cc1I. The third-order valence-electron chi connectivity index (χ3n) is 1.67. The predicted molar refractivity (Wildman–Crippen MR) is 65.5 cm³/mol. The van der Waals surface area contributed by atoms with Crippen molar-refractivity contribution in [1.29, 1.82) is 5.26 Å². The summed E-state index contributed by atoms with van der Waals surface area (Å²) in [5.41, 5.74) is 6.64. The zero-order valence-corrected chi connectivity index (χ0v) is 10.4. The molecular formula is C10H11IN2O2. The molecular weight excluding hydrogens is 307 g/mol. The first kappa shape index (κ1) is 12.1. The molecule has 3 N–H and O–H groups in total. The molecule has 15 heavy (non-hydrogen) atoms. The maximum absolute atomic E-state index is 9.08. The van der Waals surface area contributed by atoms with Crippen LogP contribution in [-0.2, 0) is 0 Å². The summed E-state index contributed by atoms with van der Waals surface area (Å²) in [5, 5.41) is 17.8. The Morgan fingerprint density at radius 2 is 2.33 bits per heavy atom. The fourth-order valence-corrected chi connectivity index (χ4v) is 1.84. The van der Waals surface area contributed by atoms with Crippen molar-refractivity contribution in [3.05, 3.63) is 21.3 Å². The minimum absolute atomic E-state index is 0.187. The number of aliphatic hydroxyl groups excluding tert-OH is 1. The zero-order valence-electron chi connectivity index (χ0n) is 8.20. The molecule has 0 saturated carbocycles. The predicted octanol–water partition coefficient (Wildman–Crippen LogP) is 1.50. The molecule has 4 nitrogen and oxygen atoms in total. The maximum atomic E-state index is 9.08. The highest BCUT2D eigenvalue weighted by Crippen LogP contribution is 2.29. The van der Waals surface area contributed by atoms with Gasteiger partial charge in [0.2, 0.25) is 0 Å². The molecule has 0 aromatic heterocycles. The molecule has 0 saturated heterocycles. The quantitative estimate of drug-likeness (QED) is 0.654. The normalized spacial score (nSPS) is 11.9. The van der Waals surface area contributed by atoms with E-state index in [-0.39, 0.29) is 6.61 Å². The minimum Gasteiger partial charge on any atom is -0.488 e. The van der Waals surface area contributed by atoms with Crippen LogP contribution in [-0.4, -0.2) is 17.8 Å². The number of ether oxygens (including phenoxy) is 1. The van der Waals surface area contributed by atoms with Crippen molar-refractivity contribution in [3.63, 3.8) is 0 Å². The molecule has 0 amide bonds. The summed E-state index contributed by atoms with van der Waals surface area (Å²) < 4.78 is 6.10. The monoisotopic (exact) mass is 318 g/mol. The number of hydrogen-bond acceptors (Lipinski definition) is 4. The van der Waals surface area contributed by atoms with Crippen LogP contribution in [0.2, 0.25) is 0 Å². The fourth-order valence-electron chi connectivity index (χ4n) is 1.04. The van der Waals surface area contributed by atoms with Crippen molar-refractivity contribution in [1.82, 2.24) is 0 Å². The van der Waals surface area contributed by atoms with Gasteiger partial charge in [-0.2, -0.15) is 5.26 Å². The Kier molecular flexibility index (Phi) is 4.17. The van der Waals surface area contributed by atoms with Gasteiger partial charge in [-0.05, 0) is 41.6 Å². The Morgan fingerprint density at radius 1 is 1.67 bits per heavy atom. The molecule has 1 unspecified atom stereocenters. The van der Waals surface area contributed by atoms with Crippen LogP contribution in [0.25, 0.3) is 0 Å². The highest BCUT2D eigenvalue weighted by Gasteiger charge is 2.09. The number of anilines is 1. The second-order valence-corrected chi connectivity index (χ2v) is 4.31. The van der Waals surface area contributed by atoms with Gasteiger partial charge in [-0.25, -0.2) is 0 Å². The van der Waals surface area contributed by atoms with E-state index in [9.17, 15) is 0 Å².